The van der Waals surface area contributed by atoms with Crippen molar-refractivity contribution in [3.05, 3.63) is 88.7 Å². The average Bonchev–Trinajstić information content (AvgIpc) is 2.71. The number of halogens is 3. The summed E-state index contributed by atoms with van der Waals surface area (Å²) in [5.41, 5.74) is 0.928. The molecule has 0 amide bonds. The molecular formula is C25H20F3NO3. The number of hydrogen-bond donors (Lipinski definition) is 1. The monoisotopic (exact) mass is 439 g/mol. The van der Waals surface area contributed by atoms with Crippen molar-refractivity contribution >= 4 is 5.97 Å². The Kier molecular flexibility index (Phi) is 6.26. The van der Waals surface area contributed by atoms with Crippen molar-refractivity contribution in [1.82, 2.24) is 4.98 Å². The number of alkyl halides is 3. The van der Waals surface area contributed by atoms with Crippen LogP contribution in [0.4, 0.5) is 13.2 Å². The van der Waals surface area contributed by atoms with E-state index in [1.165, 1.54) is 30.5 Å². The van der Waals surface area contributed by atoms with Gasteiger partial charge in [-0.3, -0.25) is 0 Å². The van der Waals surface area contributed by atoms with Gasteiger partial charge < -0.3 is 9.84 Å². The van der Waals surface area contributed by atoms with Crippen molar-refractivity contribution in [3.8, 4) is 23.3 Å². The summed E-state index contributed by atoms with van der Waals surface area (Å²) in [7, 11) is 0. The van der Waals surface area contributed by atoms with E-state index in [9.17, 15) is 18.0 Å². The summed E-state index contributed by atoms with van der Waals surface area (Å²) < 4.78 is 44.4. The number of ether oxygens (including phenoxy) is 1. The van der Waals surface area contributed by atoms with Gasteiger partial charge in [-0.1, -0.05) is 32.8 Å². The van der Waals surface area contributed by atoms with Crippen LogP contribution in [0.15, 0.2) is 60.8 Å². The van der Waals surface area contributed by atoms with Crippen LogP contribution in [-0.2, 0) is 11.6 Å². The largest absolute Gasteiger partial charge is 0.478 e. The molecule has 0 atom stereocenters. The van der Waals surface area contributed by atoms with E-state index < -0.39 is 17.7 Å². The molecule has 0 saturated carbocycles. The highest BCUT2D eigenvalue weighted by atomic mass is 19.4. The summed E-state index contributed by atoms with van der Waals surface area (Å²) in [5, 5.41) is 8.94. The van der Waals surface area contributed by atoms with Crippen LogP contribution in [0, 0.1) is 11.8 Å². The molecule has 7 heteroatoms. The molecular weight excluding hydrogens is 419 g/mol. The van der Waals surface area contributed by atoms with Gasteiger partial charge in [0.05, 0.1) is 11.1 Å². The third kappa shape index (κ3) is 5.67. The van der Waals surface area contributed by atoms with Crippen LogP contribution in [0.1, 0.15) is 53.5 Å². The normalized spacial score (nSPS) is 11.4. The fraction of sp³-hybridized carbons (Fsp3) is 0.200. The molecule has 0 bridgehead atoms. The number of carboxylic acid groups (broad SMARTS) is 1. The molecule has 0 radical (unpaired) electrons. The molecule has 1 aromatic heterocycles. The van der Waals surface area contributed by atoms with E-state index in [0.717, 1.165) is 17.7 Å². The van der Waals surface area contributed by atoms with Crippen molar-refractivity contribution in [1.29, 1.82) is 0 Å². The lowest BCUT2D eigenvalue weighted by Gasteiger charge is -2.23. The zero-order chi connectivity index (χ0) is 23.5. The zero-order valence-corrected chi connectivity index (χ0v) is 17.6. The molecule has 2 aromatic carbocycles. The number of pyridine rings is 1. The Hall–Kier alpha value is -3.79. The standard InChI is InChI=1S/C25H20F3NO3/c1-24(2,3)21-13-5-16(4-9-19-10-6-17(15-29-19)23(30)31)14-22(21)32-20-11-7-18(8-12-20)25(26,27)28/h5-8,10-15H,1-3H3,(H,30,31). The number of aromatic nitrogens is 1. The van der Waals surface area contributed by atoms with Crippen molar-refractivity contribution < 1.29 is 27.8 Å². The number of benzene rings is 2. The Balaban J connectivity index is 1.91. The maximum Gasteiger partial charge on any atom is 0.416 e. The van der Waals surface area contributed by atoms with Gasteiger partial charge in [-0.25, -0.2) is 9.78 Å². The number of rotatable bonds is 3. The van der Waals surface area contributed by atoms with Crippen LogP contribution in [-0.4, -0.2) is 16.1 Å². The van der Waals surface area contributed by atoms with E-state index in [-0.39, 0.29) is 16.7 Å². The Bertz CT molecular complexity index is 1180. The molecule has 1 N–H and O–H groups in total. The van der Waals surface area contributed by atoms with Crippen LogP contribution < -0.4 is 4.74 Å². The summed E-state index contributed by atoms with van der Waals surface area (Å²) in [6, 6.07) is 12.8. The minimum Gasteiger partial charge on any atom is -0.478 e. The van der Waals surface area contributed by atoms with Crippen LogP contribution in [0.25, 0.3) is 0 Å². The van der Waals surface area contributed by atoms with Gasteiger partial charge in [-0.05, 0) is 59.9 Å². The third-order valence-electron chi connectivity index (χ3n) is 4.54. The molecule has 0 fully saturated rings. The van der Waals surface area contributed by atoms with E-state index in [0.29, 0.717) is 17.0 Å². The maximum atomic E-state index is 12.8. The van der Waals surface area contributed by atoms with Crippen molar-refractivity contribution in [2.45, 2.75) is 32.4 Å². The quantitative estimate of drug-likeness (QED) is 0.488. The van der Waals surface area contributed by atoms with Gasteiger partial charge in [0.15, 0.2) is 0 Å². The number of carbonyl (C=O) groups is 1. The highest BCUT2D eigenvalue weighted by molar-refractivity contribution is 5.87. The first-order valence-corrected chi connectivity index (χ1v) is 9.64. The smallest absolute Gasteiger partial charge is 0.416 e. The summed E-state index contributed by atoms with van der Waals surface area (Å²) in [5.74, 6) is 5.51. The van der Waals surface area contributed by atoms with Crippen molar-refractivity contribution in [2.24, 2.45) is 0 Å². The van der Waals surface area contributed by atoms with E-state index in [4.69, 9.17) is 9.84 Å². The Labute approximate surface area is 183 Å². The molecule has 3 aromatic rings. The molecule has 164 valence electrons. The fourth-order valence-electron chi connectivity index (χ4n) is 2.87. The molecule has 0 saturated heterocycles. The molecule has 3 rings (SSSR count). The number of carboxylic acids is 1. The van der Waals surface area contributed by atoms with E-state index in [2.05, 4.69) is 16.8 Å². The molecule has 0 spiro atoms. The number of aromatic carboxylic acids is 1. The number of nitrogens with zero attached hydrogens (tertiary/aromatic N) is 1. The molecule has 0 unspecified atom stereocenters. The van der Waals surface area contributed by atoms with Crippen LogP contribution in [0.5, 0.6) is 11.5 Å². The highest BCUT2D eigenvalue weighted by Crippen LogP contribution is 2.36. The molecule has 4 nitrogen and oxygen atoms in total. The van der Waals surface area contributed by atoms with Crippen molar-refractivity contribution in [3.63, 3.8) is 0 Å². The lowest BCUT2D eigenvalue weighted by atomic mass is 9.86. The van der Waals surface area contributed by atoms with E-state index in [1.54, 1.807) is 6.07 Å². The van der Waals surface area contributed by atoms with Gasteiger partial charge in [0.2, 0.25) is 0 Å². The summed E-state index contributed by atoms with van der Waals surface area (Å²) in [6.45, 7) is 6.00. The predicted molar refractivity (Wildman–Crippen MR) is 114 cm³/mol. The molecule has 0 aliphatic carbocycles. The first-order valence-electron chi connectivity index (χ1n) is 9.64. The first-order chi connectivity index (χ1) is 14.9. The van der Waals surface area contributed by atoms with Gasteiger partial charge in [-0.15, -0.1) is 0 Å². The Morgan fingerprint density at radius 3 is 2.19 bits per heavy atom. The SMILES string of the molecule is CC(C)(C)c1ccc(C#Cc2ccc(C(=O)O)cn2)cc1Oc1ccc(C(F)(F)F)cc1. The molecule has 0 aliphatic heterocycles. The summed E-state index contributed by atoms with van der Waals surface area (Å²) in [4.78, 5) is 14.9. The average molecular weight is 439 g/mol. The topological polar surface area (TPSA) is 59.4 Å². The number of hydrogen-bond acceptors (Lipinski definition) is 3. The van der Waals surface area contributed by atoms with Gasteiger partial charge in [0.25, 0.3) is 0 Å². The maximum absolute atomic E-state index is 12.8. The highest BCUT2D eigenvalue weighted by Gasteiger charge is 2.30. The van der Waals surface area contributed by atoms with E-state index in [1.807, 2.05) is 32.9 Å². The molecule has 0 aliphatic rings. The summed E-state index contributed by atoms with van der Waals surface area (Å²) >= 11 is 0. The first kappa shape index (κ1) is 22.9. The Morgan fingerprint density at radius 1 is 0.969 bits per heavy atom. The van der Waals surface area contributed by atoms with Crippen LogP contribution >= 0.6 is 0 Å². The van der Waals surface area contributed by atoms with Crippen LogP contribution in [0.2, 0.25) is 0 Å². The zero-order valence-electron chi connectivity index (χ0n) is 17.6. The molecule has 32 heavy (non-hydrogen) atoms. The van der Waals surface area contributed by atoms with E-state index >= 15 is 0 Å². The summed E-state index contributed by atoms with van der Waals surface area (Å²) in [6.07, 6.45) is -3.19. The van der Waals surface area contributed by atoms with Gasteiger partial charge in [-0.2, -0.15) is 13.2 Å². The second-order valence-corrected chi connectivity index (χ2v) is 8.07. The molecule has 1 heterocycles. The van der Waals surface area contributed by atoms with Gasteiger partial charge >= 0.3 is 12.1 Å². The Morgan fingerprint density at radius 2 is 1.66 bits per heavy atom. The second kappa shape index (κ2) is 8.75. The minimum absolute atomic E-state index is 0.0670. The minimum atomic E-state index is -4.42. The lowest BCUT2D eigenvalue weighted by molar-refractivity contribution is -0.137. The van der Waals surface area contributed by atoms with Gasteiger partial charge in [0, 0.05) is 17.3 Å². The third-order valence-corrected chi connectivity index (χ3v) is 4.54. The lowest BCUT2D eigenvalue weighted by Crippen LogP contribution is -2.12. The second-order valence-electron chi connectivity index (χ2n) is 8.07. The van der Waals surface area contributed by atoms with Crippen LogP contribution in [0.3, 0.4) is 0 Å². The predicted octanol–water partition coefficient (Wildman–Crippen LogP) is 6.29. The fourth-order valence-corrected chi connectivity index (χ4v) is 2.87. The van der Waals surface area contributed by atoms with Crippen molar-refractivity contribution in [2.75, 3.05) is 0 Å². The van der Waals surface area contributed by atoms with Gasteiger partial charge in [0.1, 0.15) is 17.2 Å².